The highest BCUT2D eigenvalue weighted by molar-refractivity contribution is 7.48. The molecule has 0 radical (unpaired) electrons. The van der Waals surface area contributed by atoms with Crippen LogP contribution in [-0.4, -0.2) is 346 Å². The summed E-state index contributed by atoms with van der Waals surface area (Å²) in [6, 6.07) is -2.91. The van der Waals surface area contributed by atoms with Gasteiger partial charge >= 0.3 is 31.3 Å². The van der Waals surface area contributed by atoms with Gasteiger partial charge in [-0.15, -0.1) is 0 Å². The standard InChI is InChI=1S/C41H61N11O19P2.C32H48N12O17P2.C2H6O.CH5N/c1-21(2)24(53)16-27-45-34-30(37(56)46-27)43-19-51(34)39-23(5)32-25(68-39)17-66-73(60,61)71-33-26(18-67-72(58,59)70-32)69-40(52-20-44-31-35(52)48-41(50-38(31)57)49-36(55)22(3)4)29(33)47-28(54)6-8-62-10-12-64-14-15-65-13-11-63-9-7-42;1-16-23-17(58-29(16)43-14-36-21-25(43)39-31(34)41-27(21)46)12-56-63(50,51)61-24-18(13-57-62(48,49)60-23)59-30(44-15-37-22-26(44)40-32(35)42-28(22)47)20(24)38-19(45)2-4-52-6-8-54-10-11-55-9-7-53-5-3-33;1-2-3;1-2/h19-23,25-26,29,32-33,39-40H,6-18,42H2,1-5H3,(H,47,54)(H,58,59)(H,60,61)(H,45,46,56)(H2,48,49,50,55,57);14-18,20,23-24,29-30H,2-13,33H2,1H3,(H,38,45)(H,48,49)(H,50,51)(H3,34,39,41,46)(H3,35,40,42,47);3H,2H2,1H3;2H2,1H3/t23-,25+,26+,29?,32?,33-,39+,40+;16-,17+,18+,20?,23?,24-,29+,30+;;/m00../s1. The number of hydrogen-bond donors (Lipinski definition) is 17. The monoisotopic (exact) mass is 2080 g/mol. The maximum absolute atomic E-state index is 14.0. The Labute approximate surface area is 800 Å². The second-order valence-electron chi connectivity index (χ2n) is 32.4. The number of nitrogens with one attached hydrogen (secondary N) is 7. The first-order valence-corrected chi connectivity index (χ1v) is 50.5. The molecule has 6 fully saturated rings. The molecule has 8 aromatic rings. The molecule has 14 rings (SSSR count). The number of nitrogens with two attached hydrogens (primary N) is 5. The molecule has 6 aliphatic rings. The molecule has 141 heavy (non-hydrogen) atoms. The van der Waals surface area contributed by atoms with Gasteiger partial charge in [-0.3, -0.25) is 113 Å². The van der Waals surface area contributed by atoms with Crippen LogP contribution in [0, 0.1) is 23.7 Å². The number of aromatic nitrogens is 16. The van der Waals surface area contributed by atoms with Gasteiger partial charge in [0, 0.05) is 56.2 Å². The number of rotatable bonds is 39. The molecule has 6 saturated heterocycles. The third-order valence-corrected chi connectivity index (χ3v) is 25.6. The molecule has 0 bridgehead atoms. The van der Waals surface area contributed by atoms with Crippen molar-refractivity contribution in [3.63, 3.8) is 0 Å². The second-order valence-corrected chi connectivity index (χ2v) is 38.0. The van der Waals surface area contributed by atoms with Gasteiger partial charge in [0.05, 0.1) is 164 Å². The van der Waals surface area contributed by atoms with Crippen molar-refractivity contribution in [2.75, 3.05) is 176 Å². The van der Waals surface area contributed by atoms with Crippen LogP contribution in [0.15, 0.2) is 44.5 Å². The number of hydrogen-bond acceptors (Lipinski definition) is 46. The van der Waals surface area contributed by atoms with Crippen LogP contribution in [0.4, 0.5) is 17.8 Å². The molecule has 20 atom stereocenters. The SMILES string of the molecule is CC(C)C(=O)Cc1nc2c(ncn2[C@@H]2O[C@@H]3COP(=O)(O)O[C@@H]4C(NC(=O)CCOCCOCCOCCOCCN)[C@H](n5cnc6c(=O)[nH]c(NC(=O)C(C)C)nc65)O[C@@H]4COP(=O)(O)OC3[C@@H]2C)c(=O)[nH]1.CCO.CN.C[C@H]1C2OP(=O)(O)OC[C@H]3O[C@@H](n4cnc5c(=O)[nH]c(N)nc54)C(NC(=O)CCOCCOCCOCCOCCN)[C@H]3OP(=O)(O)OC[C@H]2O[C@H]1n1cnc2c(=O)[nH]c(N)nc21. The highest BCUT2D eigenvalue weighted by atomic mass is 31.2. The number of H-pyrrole nitrogens is 4. The first-order valence-electron chi connectivity index (χ1n) is 44.6. The van der Waals surface area contributed by atoms with Gasteiger partial charge in [-0.25, -0.2) is 43.2 Å². The van der Waals surface area contributed by atoms with Crippen LogP contribution < -0.4 is 66.9 Å². The molecule has 786 valence electrons. The molecule has 0 saturated carbocycles. The minimum absolute atomic E-state index is 0.0126. The van der Waals surface area contributed by atoms with Gasteiger partial charge in [0.25, 0.3) is 22.2 Å². The molecule has 0 aromatic carbocycles. The van der Waals surface area contributed by atoms with Gasteiger partial charge < -0.3 is 126 Å². The lowest BCUT2D eigenvalue weighted by molar-refractivity contribution is -0.125. The number of Topliss-reactive ketones (excluding diaryl/α,β-unsaturated/α-hetero) is 1. The maximum atomic E-state index is 14.0. The van der Waals surface area contributed by atoms with Gasteiger partial charge in [0.15, 0.2) is 57.1 Å². The van der Waals surface area contributed by atoms with Gasteiger partial charge in [-0.2, -0.15) is 15.0 Å². The Kier molecular flexibility index (Phi) is 41.5. The van der Waals surface area contributed by atoms with Crippen LogP contribution in [-0.2, 0) is 137 Å². The summed E-state index contributed by atoms with van der Waals surface area (Å²) < 4.78 is 173. The lowest BCUT2D eigenvalue weighted by Gasteiger charge is -2.29. The molecule has 14 heterocycles. The van der Waals surface area contributed by atoms with Crippen molar-refractivity contribution in [3.8, 4) is 0 Å². The number of carbonyl (C=O) groups excluding carboxylic acids is 4. The fourth-order valence-corrected chi connectivity index (χ4v) is 19.0. The number of nitrogens with zero attached hydrogens (tertiary/aromatic N) is 12. The summed E-state index contributed by atoms with van der Waals surface area (Å²) in [5.41, 5.74) is 23.3. The largest absolute Gasteiger partial charge is 0.472 e. The maximum Gasteiger partial charge on any atom is 0.472 e. The summed E-state index contributed by atoms with van der Waals surface area (Å²) in [5.74, 6) is -5.29. The highest BCUT2D eigenvalue weighted by Gasteiger charge is 2.57. The molecule has 65 heteroatoms. The fourth-order valence-electron chi connectivity index (χ4n) is 15.0. The van der Waals surface area contributed by atoms with Gasteiger partial charge in [0.1, 0.15) is 85.0 Å². The number of nitrogen functional groups attached to an aromatic ring is 2. The van der Waals surface area contributed by atoms with Crippen molar-refractivity contribution in [3.05, 3.63) is 72.5 Å². The van der Waals surface area contributed by atoms with E-state index >= 15 is 0 Å². The Bertz CT molecular complexity index is 5940. The molecular weight excluding hydrogens is 1960 g/mol. The summed E-state index contributed by atoms with van der Waals surface area (Å²) in [6.07, 6.45) is -12.9. The summed E-state index contributed by atoms with van der Waals surface area (Å²) >= 11 is 0. The Morgan fingerprint density at radius 3 is 1.07 bits per heavy atom. The predicted molar refractivity (Wildman–Crippen MR) is 486 cm³/mol. The summed E-state index contributed by atoms with van der Waals surface area (Å²) in [7, 11) is -19.1. The number of aliphatic hydroxyl groups is 1. The average Bonchev–Trinajstić information content (AvgIpc) is 1.64. The summed E-state index contributed by atoms with van der Waals surface area (Å²) in [4.78, 5) is 192. The third kappa shape index (κ3) is 30.1. The van der Waals surface area contributed by atoms with Crippen LogP contribution in [0.1, 0.15) is 92.0 Å². The number of ether oxygens (including phenoxy) is 12. The number of aromatic amines is 4. The van der Waals surface area contributed by atoms with Crippen molar-refractivity contribution < 1.29 is 155 Å². The minimum atomic E-state index is -5.25. The number of fused-ring (bicyclic) bond motifs is 8. The van der Waals surface area contributed by atoms with E-state index < -0.39 is 201 Å². The van der Waals surface area contributed by atoms with E-state index in [1.807, 2.05) is 0 Å². The quantitative estimate of drug-likeness (QED) is 0.0138. The second kappa shape index (κ2) is 52.1. The van der Waals surface area contributed by atoms with E-state index in [1.54, 1.807) is 48.5 Å². The number of imidazole rings is 4. The molecule has 6 aliphatic heterocycles. The zero-order valence-corrected chi connectivity index (χ0v) is 81.5. The minimum Gasteiger partial charge on any atom is -0.397 e. The zero-order valence-electron chi connectivity index (χ0n) is 77.9. The molecule has 0 spiro atoms. The molecule has 8 unspecified atom stereocenters. The molecular formula is C76H120N24O37P4. The van der Waals surface area contributed by atoms with Gasteiger partial charge in [-0.05, 0) is 14.0 Å². The predicted octanol–water partition coefficient (Wildman–Crippen LogP) is -2.70. The van der Waals surface area contributed by atoms with Gasteiger partial charge in [0.2, 0.25) is 35.6 Å². The van der Waals surface area contributed by atoms with Crippen molar-refractivity contribution >= 4 is 117 Å². The molecule has 0 aliphatic carbocycles. The van der Waals surface area contributed by atoms with Crippen LogP contribution in [0.5, 0.6) is 0 Å². The van der Waals surface area contributed by atoms with Crippen LogP contribution in [0.2, 0.25) is 0 Å². The topological polar surface area (TPSA) is 843 Å². The van der Waals surface area contributed by atoms with Crippen LogP contribution in [0.25, 0.3) is 44.7 Å². The first kappa shape index (κ1) is 112. The number of amides is 3. The number of aliphatic hydroxyl groups excluding tert-OH is 1. The average molecular weight is 2090 g/mol. The van der Waals surface area contributed by atoms with Crippen LogP contribution in [0.3, 0.4) is 0 Å². The first-order chi connectivity index (χ1) is 67.3. The van der Waals surface area contributed by atoms with Gasteiger partial charge in [-0.1, -0.05) is 41.5 Å². The lowest BCUT2D eigenvalue weighted by Crippen LogP contribution is -2.48. The van der Waals surface area contributed by atoms with E-state index in [2.05, 4.69) is 81.5 Å². The smallest absolute Gasteiger partial charge is 0.397 e. The molecule has 61 nitrogen and oxygen atoms in total. The Hall–Kier alpha value is -9.12. The lowest BCUT2D eigenvalue weighted by atomic mass is 10.0. The van der Waals surface area contributed by atoms with Crippen molar-refractivity contribution in [1.82, 2.24) is 88.7 Å². The van der Waals surface area contributed by atoms with E-state index in [4.69, 9.17) is 121 Å². The third-order valence-electron chi connectivity index (χ3n) is 21.6. The number of carbonyl (C=O) groups is 4. The molecule has 3 amide bonds. The number of phosphoric ester groups is 4. The van der Waals surface area contributed by atoms with Crippen molar-refractivity contribution in [2.24, 2.45) is 40.9 Å². The Morgan fingerprint density at radius 1 is 0.440 bits per heavy atom. The Balaban J connectivity index is 0.000000260. The number of phosphoric acid groups is 4. The van der Waals surface area contributed by atoms with E-state index in [0.29, 0.717) is 72.6 Å². The zero-order chi connectivity index (χ0) is 102. The van der Waals surface area contributed by atoms with Crippen LogP contribution >= 0.6 is 31.3 Å². The normalized spacial score (nSPS) is 28.0. The number of ketones is 1. The fraction of sp³-hybridized carbons (Fsp3) is 0.684. The molecule has 22 N–H and O–H groups in total. The van der Waals surface area contributed by atoms with E-state index in [1.165, 1.54) is 38.0 Å². The van der Waals surface area contributed by atoms with Crippen molar-refractivity contribution in [1.29, 1.82) is 0 Å². The summed E-state index contributed by atoms with van der Waals surface area (Å²) in [5, 5.41) is 15.5. The molecule has 8 aromatic heterocycles. The highest BCUT2D eigenvalue weighted by Crippen LogP contribution is 2.57. The van der Waals surface area contributed by atoms with E-state index in [-0.39, 0.29) is 152 Å². The summed E-state index contributed by atoms with van der Waals surface area (Å²) in [6.45, 7) is 13.5. The van der Waals surface area contributed by atoms with E-state index in [9.17, 15) is 76.2 Å². The van der Waals surface area contributed by atoms with E-state index in [0.717, 1.165) is 12.7 Å². The Morgan fingerprint density at radius 2 is 0.730 bits per heavy atom. The number of anilines is 3. The van der Waals surface area contributed by atoms with Crippen molar-refractivity contribution in [2.45, 2.75) is 154 Å².